The number of carbonyl (C=O) groups excluding carboxylic acids is 1. The number of nitrogens with zero attached hydrogens (tertiary/aromatic N) is 2. The van der Waals surface area contributed by atoms with Gasteiger partial charge in [0.1, 0.15) is 0 Å². The maximum absolute atomic E-state index is 12.3. The highest BCUT2D eigenvalue weighted by Gasteiger charge is 2.32. The number of hydrogen-bond acceptors (Lipinski definition) is 4. The molecular weight excluding hydrogens is 362 g/mol. The van der Waals surface area contributed by atoms with E-state index in [2.05, 4.69) is 10.4 Å². The number of halogens is 1. The molecule has 1 N–H and O–H groups in total. The first-order chi connectivity index (χ1) is 11.9. The van der Waals surface area contributed by atoms with E-state index in [0.29, 0.717) is 23.7 Å². The van der Waals surface area contributed by atoms with Crippen LogP contribution in [0.25, 0.3) is 11.3 Å². The van der Waals surface area contributed by atoms with E-state index in [1.165, 1.54) is 0 Å². The summed E-state index contributed by atoms with van der Waals surface area (Å²) in [5.41, 5.74) is 1.86. The molecule has 2 heterocycles. The zero-order valence-corrected chi connectivity index (χ0v) is 15.5. The van der Waals surface area contributed by atoms with Crippen LogP contribution >= 0.6 is 11.6 Å². The summed E-state index contributed by atoms with van der Waals surface area (Å²) in [6.45, 7) is 2.54. The van der Waals surface area contributed by atoms with E-state index in [1.54, 1.807) is 22.9 Å². The van der Waals surface area contributed by atoms with Gasteiger partial charge in [-0.25, -0.2) is 8.42 Å². The van der Waals surface area contributed by atoms with Gasteiger partial charge >= 0.3 is 0 Å². The Balaban J connectivity index is 2.00. The van der Waals surface area contributed by atoms with Crippen LogP contribution in [0.5, 0.6) is 0 Å². The maximum atomic E-state index is 12.3. The van der Waals surface area contributed by atoms with E-state index < -0.39 is 9.84 Å². The summed E-state index contributed by atoms with van der Waals surface area (Å²) in [7, 11) is -3.06. The van der Waals surface area contributed by atoms with E-state index in [-0.39, 0.29) is 23.5 Å². The molecule has 1 saturated heterocycles. The first-order valence-electron chi connectivity index (χ1n) is 8.24. The molecule has 3 rings (SSSR count). The molecule has 1 fully saturated rings. The summed E-state index contributed by atoms with van der Waals surface area (Å²) in [4.78, 5) is 12.3. The molecule has 0 bridgehead atoms. The van der Waals surface area contributed by atoms with Crippen molar-refractivity contribution in [2.75, 3.05) is 18.1 Å². The average Bonchev–Trinajstić information content (AvgIpc) is 3.16. The van der Waals surface area contributed by atoms with Crippen LogP contribution in [0.3, 0.4) is 0 Å². The van der Waals surface area contributed by atoms with Gasteiger partial charge in [-0.1, -0.05) is 30.7 Å². The molecule has 0 aliphatic carbocycles. The Kier molecular flexibility index (Phi) is 5.15. The van der Waals surface area contributed by atoms with Crippen LogP contribution in [0.15, 0.2) is 30.3 Å². The van der Waals surface area contributed by atoms with Gasteiger partial charge in [0.25, 0.3) is 5.91 Å². The quantitative estimate of drug-likeness (QED) is 0.863. The minimum absolute atomic E-state index is 0.0469. The standard InChI is InChI=1S/C17H20ClN3O3S/c1-2-8-19-17(22)15-10-16(12-3-5-13(18)6-4-12)21(20-15)14-7-9-25(23,24)11-14/h3-6,10,14H,2,7-9,11H2,1H3,(H,19,22). The SMILES string of the molecule is CCCNC(=O)c1cc(-c2ccc(Cl)cc2)n(C2CCS(=O)(=O)C2)n1. The van der Waals surface area contributed by atoms with Crippen molar-refractivity contribution in [3.63, 3.8) is 0 Å². The molecule has 2 aromatic rings. The van der Waals surface area contributed by atoms with E-state index in [0.717, 1.165) is 17.7 Å². The van der Waals surface area contributed by atoms with Crippen LogP contribution in [-0.4, -0.2) is 42.2 Å². The zero-order valence-electron chi connectivity index (χ0n) is 13.9. The van der Waals surface area contributed by atoms with Crippen molar-refractivity contribution in [3.8, 4) is 11.3 Å². The molecule has 0 saturated carbocycles. The van der Waals surface area contributed by atoms with Gasteiger partial charge in [0, 0.05) is 11.6 Å². The van der Waals surface area contributed by atoms with Crippen molar-refractivity contribution in [3.05, 3.63) is 41.0 Å². The summed E-state index contributed by atoms with van der Waals surface area (Å²) < 4.78 is 25.4. The molecule has 0 radical (unpaired) electrons. The summed E-state index contributed by atoms with van der Waals surface area (Å²) in [5.74, 6) is -0.0584. The molecule has 6 nitrogen and oxygen atoms in total. The average molecular weight is 382 g/mol. The third kappa shape index (κ3) is 4.04. The topological polar surface area (TPSA) is 81.1 Å². The van der Waals surface area contributed by atoms with Gasteiger partial charge in [-0.2, -0.15) is 5.10 Å². The second kappa shape index (κ2) is 7.17. The number of nitrogens with one attached hydrogen (secondary N) is 1. The Hall–Kier alpha value is -1.86. The Morgan fingerprint density at radius 1 is 1.36 bits per heavy atom. The van der Waals surface area contributed by atoms with Gasteiger partial charge in [-0.05, 0) is 36.6 Å². The molecule has 1 unspecified atom stereocenters. The van der Waals surface area contributed by atoms with Gasteiger partial charge in [0.05, 0.1) is 23.2 Å². The van der Waals surface area contributed by atoms with Crippen LogP contribution in [0.4, 0.5) is 0 Å². The number of carbonyl (C=O) groups is 1. The van der Waals surface area contributed by atoms with Gasteiger partial charge in [0.2, 0.25) is 0 Å². The van der Waals surface area contributed by atoms with Crippen molar-refractivity contribution in [1.82, 2.24) is 15.1 Å². The van der Waals surface area contributed by atoms with E-state index in [9.17, 15) is 13.2 Å². The lowest BCUT2D eigenvalue weighted by atomic mass is 10.1. The van der Waals surface area contributed by atoms with E-state index >= 15 is 0 Å². The lowest BCUT2D eigenvalue weighted by Gasteiger charge is -2.13. The minimum Gasteiger partial charge on any atom is -0.351 e. The minimum atomic E-state index is -3.06. The van der Waals surface area contributed by atoms with Crippen molar-refractivity contribution in [2.24, 2.45) is 0 Å². The molecule has 8 heteroatoms. The molecule has 1 aliphatic heterocycles. The molecule has 1 aliphatic rings. The molecule has 1 amide bonds. The lowest BCUT2D eigenvalue weighted by molar-refractivity contribution is 0.0947. The van der Waals surface area contributed by atoms with E-state index in [1.807, 2.05) is 19.1 Å². The summed E-state index contributed by atoms with van der Waals surface area (Å²) >= 11 is 5.95. The molecular formula is C17H20ClN3O3S. The van der Waals surface area contributed by atoms with Gasteiger partial charge in [-0.3, -0.25) is 9.48 Å². The Morgan fingerprint density at radius 3 is 2.68 bits per heavy atom. The first kappa shape index (κ1) is 17.9. The van der Waals surface area contributed by atoms with Crippen molar-refractivity contribution in [1.29, 1.82) is 0 Å². The molecule has 1 aromatic heterocycles. The highest BCUT2D eigenvalue weighted by Crippen LogP contribution is 2.30. The van der Waals surface area contributed by atoms with Crippen molar-refractivity contribution >= 4 is 27.3 Å². The zero-order chi connectivity index (χ0) is 18.0. The van der Waals surface area contributed by atoms with Crippen LogP contribution in [-0.2, 0) is 9.84 Å². The first-order valence-corrected chi connectivity index (χ1v) is 10.4. The third-order valence-electron chi connectivity index (χ3n) is 4.20. The number of aromatic nitrogens is 2. The van der Waals surface area contributed by atoms with Gasteiger partial charge < -0.3 is 5.32 Å². The number of amides is 1. The van der Waals surface area contributed by atoms with Gasteiger partial charge in [0.15, 0.2) is 15.5 Å². The summed E-state index contributed by atoms with van der Waals surface area (Å²) in [6.07, 6.45) is 1.33. The van der Waals surface area contributed by atoms with Crippen molar-refractivity contribution in [2.45, 2.75) is 25.8 Å². The fourth-order valence-electron chi connectivity index (χ4n) is 2.92. The van der Waals surface area contributed by atoms with Crippen molar-refractivity contribution < 1.29 is 13.2 Å². The number of sulfone groups is 1. The maximum Gasteiger partial charge on any atom is 0.271 e. The molecule has 134 valence electrons. The Labute approximate surface area is 152 Å². The molecule has 25 heavy (non-hydrogen) atoms. The number of hydrogen-bond donors (Lipinski definition) is 1. The number of rotatable bonds is 5. The van der Waals surface area contributed by atoms with Gasteiger partial charge in [-0.15, -0.1) is 0 Å². The monoisotopic (exact) mass is 381 g/mol. The number of benzene rings is 1. The third-order valence-corrected chi connectivity index (χ3v) is 6.20. The fraction of sp³-hybridized carbons (Fsp3) is 0.412. The lowest BCUT2D eigenvalue weighted by Crippen LogP contribution is -2.25. The smallest absolute Gasteiger partial charge is 0.271 e. The highest BCUT2D eigenvalue weighted by atomic mass is 35.5. The second-order valence-electron chi connectivity index (χ2n) is 6.18. The van der Waals surface area contributed by atoms with Crippen LogP contribution < -0.4 is 5.32 Å². The Bertz CT molecular complexity index is 875. The van der Waals surface area contributed by atoms with Crippen LogP contribution in [0.2, 0.25) is 5.02 Å². The van der Waals surface area contributed by atoms with E-state index in [4.69, 9.17) is 11.6 Å². The summed E-state index contributed by atoms with van der Waals surface area (Å²) in [6, 6.07) is 8.65. The Morgan fingerprint density at radius 2 is 2.08 bits per heavy atom. The summed E-state index contributed by atoms with van der Waals surface area (Å²) in [5, 5.41) is 7.83. The predicted octanol–water partition coefficient (Wildman–Crippen LogP) is 2.70. The highest BCUT2D eigenvalue weighted by molar-refractivity contribution is 7.91. The molecule has 0 spiro atoms. The predicted molar refractivity (Wildman–Crippen MR) is 97.6 cm³/mol. The molecule has 1 atom stereocenters. The van der Waals surface area contributed by atoms with Crippen LogP contribution in [0, 0.1) is 0 Å². The fourth-order valence-corrected chi connectivity index (χ4v) is 4.74. The van der Waals surface area contributed by atoms with Crippen LogP contribution in [0.1, 0.15) is 36.3 Å². The largest absolute Gasteiger partial charge is 0.351 e. The normalized spacial score (nSPS) is 19.0. The molecule has 1 aromatic carbocycles. The second-order valence-corrected chi connectivity index (χ2v) is 8.84.